The summed E-state index contributed by atoms with van der Waals surface area (Å²) >= 11 is 0. The average molecular weight is 231 g/mol. The van der Waals surface area contributed by atoms with Crippen LogP contribution in [-0.4, -0.2) is 10.8 Å². The fourth-order valence-electron chi connectivity index (χ4n) is 1.55. The second kappa shape index (κ2) is 5.30. The van der Waals surface area contributed by atoms with E-state index >= 15 is 0 Å². The summed E-state index contributed by atoms with van der Waals surface area (Å²) in [5.41, 5.74) is 1.03. The first-order valence-electron chi connectivity index (χ1n) is 5.28. The van der Waals surface area contributed by atoms with Gasteiger partial charge in [0.25, 0.3) is 0 Å². The Morgan fingerprint density at radius 3 is 2.76 bits per heavy atom. The summed E-state index contributed by atoms with van der Waals surface area (Å²) < 4.78 is 14.2. The van der Waals surface area contributed by atoms with E-state index in [1.54, 1.807) is 35.0 Å². The van der Waals surface area contributed by atoms with Crippen molar-refractivity contribution in [2.75, 3.05) is 0 Å². The van der Waals surface area contributed by atoms with Crippen LogP contribution in [0.5, 0.6) is 0 Å². The SMILES string of the molecule is O=C(C[n+]1ccncc1CF)c1ccccc1. The van der Waals surface area contributed by atoms with Crippen molar-refractivity contribution in [2.45, 2.75) is 13.2 Å². The van der Waals surface area contributed by atoms with Gasteiger partial charge in [-0.2, -0.15) is 4.57 Å². The van der Waals surface area contributed by atoms with Crippen LogP contribution in [0.3, 0.4) is 0 Å². The Labute approximate surface area is 98.6 Å². The van der Waals surface area contributed by atoms with E-state index in [2.05, 4.69) is 4.98 Å². The molecule has 86 valence electrons. The number of rotatable bonds is 4. The van der Waals surface area contributed by atoms with Crippen LogP contribution in [0.1, 0.15) is 16.1 Å². The van der Waals surface area contributed by atoms with E-state index in [0.29, 0.717) is 11.3 Å². The van der Waals surface area contributed by atoms with Crippen LogP contribution in [0.2, 0.25) is 0 Å². The fraction of sp³-hybridized carbons (Fsp3) is 0.154. The molecule has 0 saturated heterocycles. The molecule has 0 saturated carbocycles. The monoisotopic (exact) mass is 231 g/mol. The maximum absolute atomic E-state index is 12.7. The van der Waals surface area contributed by atoms with Crippen molar-refractivity contribution in [3.8, 4) is 0 Å². The van der Waals surface area contributed by atoms with Crippen LogP contribution < -0.4 is 4.57 Å². The summed E-state index contributed by atoms with van der Waals surface area (Å²) in [4.78, 5) is 15.7. The molecule has 1 aromatic heterocycles. The van der Waals surface area contributed by atoms with Crippen molar-refractivity contribution < 1.29 is 13.8 Å². The van der Waals surface area contributed by atoms with Crippen molar-refractivity contribution in [2.24, 2.45) is 0 Å². The number of nitrogens with zero attached hydrogens (tertiary/aromatic N) is 2. The summed E-state index contributed by atoms with van der Waals surface area (Å²) in [7, 11) is 0. The Bertz CT molecular complexity index is 514. The van der Waals surface area contributed by atoms with Gasteiger partial charge in [-0.25, -0.2) is 4.39 Å². The van der Waals surface area contributed by atoms with Crippen molar-refractivity contribution >= 4 is 5.78 Å². The number of Topliss-reactive ketones (excluding diaryl/α,β-unsaturated/α-hetero) is 1. The number of halogens is 1. The molecule has 0 aliphatic rings. The maximum Gasteiger partial charge on any atom is 0.231 e. The minimum atomic E-state index is -0.629. The molecule has 17 heavy (non-hydrogen) atoms. The van der Waals surface area contributed by atoms with Crippen molar-refractivity contribution in [3.63, 3.8) is 0 Å². The van der Waals surface area contributed by atoms with Crippen molar-refractivity contribution in [3.05, 3.63) is 60.2 Å². The summed E-state index contributed by atoms with van der Waals surface area (Å²) in [6.45, 7) is -0.498. The highest BCUT2D eigenvalue weighted by molar-refractivity contribution is 5.94. The zero-order chi connectivity index (χ0) is 12.1. The molecule has 0 aliphatic carbocycles. The zero-order valence-electron chi connectivity index (χ0n) is 9.21. The second-order valence-corrected chi connectivity index (χ2v) is 3.62. The molecule has 0 unspecified atom stereocenters. The number of ketones is 1. The molecule has 3 nitrogen and oxygen atoms in total. The largest absolute Gasteiger partial charge is 0.287 e. The zero-order valence-corrected chi connectivity index (χ0v) is 9.21. The molecule has 2 aromatic rings. The number of hydrogen-bond acceptors (Lipinski definition) is 2. The predicted molar refractivity (Wildman–Crippen MR) is 60.0 cm³/mol. The van der Waals surface area contributed by atoms with Gasteiger partial charge in [0.05, 0.1) is 12.4 Å². The molecule has 0 aliphatic heterocycles. The topological polar surface area (TPSA) is 33.8 Å². The van der Waals surface area contributed by atoms with E-state index < -0.39 is 6.67 Å². The third-order valence-corrected chi connectivity index (χ3v) is 2.47. The molecule has 0 radical (unpaired) electrons. The number of benzene rings is 1. The lowest BCUT2D eigenvalue weighted by molar-refractivity contribution is -0.692. The van der Waals surface area contributed by atoms with Gasteiger partial charge in [0.1, 0.15) is 0 Å². The van der Waals surface area contributed by atoms with Crippen LogP contribution in [0.15, 0.2) is 48.9 Å². The molecule has 1 heterocycles. The number of carbonyl (C=O) groups is 1. The Morgan fingerprint density at radius 2 is 2.06 bits per heavy atom. The number of alkyl halides is 1. The average Bonchev–Trinajstić information content (AvgIpc) is 2.40. The smallest absolute Gasteiger partial charge is 0.231 e. The van der Waals surface area contributed by atoms with E-state index in [0.717, 1.165) is 0 Å². The number of carbonyl (C=O) groups excluding carboxylic acids is 1. The molecule has 0 spiro atoms. The van der Waals surface area contributed by atoms with Crippen LogP contribution in [-0.2, 0) is 13.2 Å². The molecule has 0 N–H and O–H groups in total. The van der Waals surface area contributed by atoms with Gasteiger partial charge in [0.2, 0.25) is 18.0 Å². The summed E-state index contributed by atoms with van der Waals surface area (Å²) in [5.74, 6) is -0.0449. The lowest BCUT2D eigenvalue weighted by atomic mass is 10.1. The molecule has 2 rings (SSSR count). The predicted octanol–water partition coefficient (Wildman–Crippen LogP) is 1.72. The standard InChI is InChI=1S/C13H12FN2O/c14-8-12-9-15-6-7-16(12)10-13(17)11-4-2-1-3-5-11/h1-7,9H,8,10H2/q+1. The maximum atomic E-state index is 12.7. The van der Waals surface area contributed by atoms with Gasteiger partial charge >= 0.3 is 0 Å². The number of hydrogen-bond donors (Lipinski definition) is 0. The first kappa shape index (κ1) is 11.4. The summed E-state index contributed by atoms with van der Waals surface area (Å²) in [6.07, 6.45) is 4.57. The first-order valence-corrected chi connectivity index (χ1v) is 5.28. The van der Waals surface area contributed by atoms with Gasteiger partial charge in [0.15, 0.2) is 12.9 Å². The lowest BCUT2D eigenvalue weighted by Gasteiger charge is -2.00. The molecule has 1 aromatic carbocycles. The Balaban J connectivity index is 2.19. The molecular weight excluding hydrogens is 219 g/mol. The third kappa shape index (κ3) is 2.72. The molecular formula is C13H12FN2O+. The van der Waals surface area contributed by atoms with Gasteiger partial charge in [-0.15, -0.1) is 0 Å². The van der Waals surface area contributed by atoms with Crippen LogP contribution in [0, 0.1) is 0 Å². The molecule has 0 fully saturated rings. The highest BCUT2D eigenvalue weighted by atomic mass is 19.1. The van der Waals surface area contributed by atoms with E-state index in [1.807, 2.05) is 6.07 Å². The quantitative estimate of drug-likeness (QED) is 0.593. The minimum Gasteiger partial charge on any atom is -0.287 e. The highest BCUT2D eigenvalue weighted by Crippen LogP contribution is 2.00. The van der Waals surface area contributed by atoms with Gasteiger partial charge in [-0.1, -0.05) is 30.3 Å². The molecule has 0 amide bonds. The van der Waals surface area contributed by atoms with Crippen molar-refractivity contribution in [1.29, 1.82) is 0 Å². The third-order valence-electron chi connectivity index (χ3n) is 2.47. The van der Waals surface area contributed by atoms with Gasteiger partial charge in [-0.3, -0.25) is 9.78 Å². The van der Waals surface area contributed by atoms with Crippen LogP contribution in [0.25, 0.3) is 0 Å². The van der Waals surface area contributed by atoms with Gasteiger partial charge < -0.3 is 0 Å². The van der Waals surface area contributed by atoms with Gasteiger partial charge in [-0.05, 0) is 0 Å². The number of aromatic nitrogens is 2. The Morgan fingerprint density at radius 1 is 1.29 bits per heavy atom. The fourth-order valence-corrected chi connectivity index (χ4v) is 1.55. The van der Waals surface area contributed by atoms with Crippen LogP contribution in [0.4, 0.5) is 4.39 Å². The first-order chi connectivity index (χ1) is 8.31. The Hall–Kier alpha value is -2.10. The van der Waals surface area contributed by atoms with E-state index in [1.165, 1.54) is 12.4 Å². The lowest BCUT2D eigenvalue weighted by Crippen LogP contribution is -2.41. The van der Waals surface area contributed by atoms with E-state index in [4.69, 9.17) is 0 Å². The Kier molecular flexibility index (Phi) is 3.55. The second-order valence-electron chi connectivity index (χ2n) is 3.62. The molecule has 4 heteroatoms. The van der Waals surface area contributed by atoms with Gasteiger partial charge in [0, 0.05) is 5.56 Å². The van der Waals surface area contributed by atoms with E-state index in [-0.39, 0.29) is 12.3 Å². The summed E-state index contributed by atoms with van der Waals surface area (Å²) in [5, 5.41) is 0. The summed E-state index contributed by atoms with van der Waals surface area (Å²) in [6, 6.07) is 8.96. The molecule has 0 bridgehead atoms. The minimum absolute atomic E-state index is 0.0449. The normalized spacial score (nSPS) is 10.2. The van der Waals surface area contributed by atoms with Crippen LogP contribution >= 0.6 is 0 Å². The van der Waals surface area contributed by atoms with Crippen molar-refractivity contribution in [1.82, 2.24) is 4.98 Å². The van der Waals surface area contributed by atoms with E-state index in [9.17, 15) is 9.18 Å². The highest BCUT2D eigenvalue weighted by Gasteiger charge is 2.15. The molecule has 0 atom stereocenters.